The molecule has 0 spiro atoms. The van der Waals surface area contributed by atoms with E-state index in [0.717, 1.165) is 24.7 Å². The predicted molar refractivity (Wildman–Crippen MR) is 77.7 cm³/mol. The lowest BCUT2D eigenvalue weighted by Crippen LogP contribution is -2.23. The third kappa shape index (κ3) is 2.77. The van der Waals surface area contributed by atoms with Crippen molar-refractivity contribution in [1.29, 1.82) is 0 Å². The van der Waals surface area contributed by atoms with Crippen LogP contribution in [0.5, 0.6) is 5.75 Å². The van der Waals surface area contributed by atoms with Gasteiger partial charge in [-0.05, 0) is 63.1 Å². The van der Waals surface area contributed by atoms with Crippen molar-refractivity contribution in [1.82, 2.24) is 10.2 Å². The highest BCUT2D eigenvalue weighted by Gasteiger charge is 2.24. The molecule has 2 atom stereocenters. The van der Waals surface area contributed by atoms with E-state index in [0.29, 0.717) is 6.04 Å². The number of fused-ring (bicyclic) bond motifs is 1. The molecule has 2 aliphatic heterocycles. The van der Waals surface area contributed by atoms with Crippen LogP contribution in [0.4, 0.5) is 0 Å². The zero-order valence-electron chi connectivity index (χ0n) is 12.0. The Morgan fingerprint density at radius 3 is 3.05 bits per heavy atom. The molecule has 0 aromatic heterocycles. The molecule has 2 heterocycles. The van der Waals surface area contributed by atoms with Crippen LogP contribution < -0.4 is 10.1 Å². The van der Waals surface area contributed by atoms with Gasteiger partial charge in [-0.15, -0.1) is 0 Å². The van der Waals surface area contributed by atoms with Crippen LogP contribution >= 0.6 is 0 Å². The van der Waals surface area contributed by atoms with Crippen LogP contribution in [0.2, 0.25) is 0 Å². The molecule has 19 heavy (non-hydrogen) atoms. The molecular formula is C16H24N2O. The van der Waals surface area contributed by atoms with Crippen molar-refractivity contribution >= 4 is 0 Å². The van der Waals surface area contributed by atoms with E-state index in [-0.39, 0.29) is 0 Å². The zero-order valence-corrected chi connectivity index (χ0v) is 12.0. The number of benzene rings is 1. The van der Waals surface area contributed by atoms with Crippen LogP contribution in [0.3, 0.4) is 0 Å². The summed E-state index contributed by atoms with van der Waals surface area (Å²) >= 11 is 0. The molecule has 1 aromatic rings. The molecular weight excluding hydrogens is 236 g/mol. The molecule has 3 heteroatoms. The number of nitrogens with zero attached hydrogens (tertiary/aromatic N) is 1. The minimum absolute atomic E-state index is 0.524. The maximum absolute atomic E-state index is 5.60. The van der Waals surface area contributed by atoms with Crippen LogP contribution in [-0.2, 0) is 6.42 Å². The average Bonchev–Trinajstić information content (AvgIpc) is 3.05. The predicted octanol–water partition coefficient (Wildman–Crippen LogP) is 2.22. The van der Waals surface area contributed by atoms with Gasteiger partial charge in [-0.3, -0.25) is 0 Å². The van der Waals surface area contributed by atoms with Gasteiger partial charge in [0, 0.05) is 12.5 Å². The molecule has 0 aliphatic carbocycles. The second-order valence-electron chi connectivity index (χ2n) is 6.04. The van der Waals surface area contributed by atoms with Crippen molar-refractivity contribution in [2.75, 3.05) is 33.8 Å². The van der Waals surface area contributed by atoms with Crippen molar-refractivity contribution in [3.63, 3.8) is 0 Å². The summed E-state index contributed by atoms with van der Waals surface area (Å²) < 4.78 is 5.60. The van der Waals surface area contributed by atoms with Gasteiger partial charge in [0.2, 0.25) is 0 Å². The second kappa shape index (κ2) is 5.51. The third-order valence-corrected chi connectivity index (χ3v) is 4.44. The highest BCUT2D eigenvalue weighted by molar-refractivity contribution is 5.40. The van der Waals surface area contributed by atoms with E-state index in [2.05, 4.69) is 42.5 Å². The zero-order chi connectivity index (χ0) is 13.2. The Hall–Kier alpha value is -1.06. The molecule has 1 saturated heterocycles. The summed E-state index contributed by atoms with van der Waals surface area (Å²) in [5, 5.41) is 3.47. The minimum atomic E-state index is 0.524. The Kier molecular flexibility index (Phi) is 3.76. The van der Waals surface area contributed by atoms with Crippen molar-refractivity contribution in [2.45, 2.75) is 25.3 Å². The van der Waals surface area contributed by atoms with Crippen LogP contribution in [0.25, 0.3) is 0 Å². The van der Waals surface area contributed by atoms with Gasteiger partial charge in [0.25, 0.3) is 0 Å². The Morgan fingerprint density at radius 1 is 1.42 bits per heavy atom. The summed E-state index contributed by atoms with van der Waals surface area (Å²) in [5.41, 5.74) is 2.83. The molecule has 3 rings (SSSR count). The first kappa shape index (κ1) is 12.9. The molecule has 2 unspecified atom stereocenters. The fourth-order valence-electron chi connectivity index (χ4n) is 3.29. The number of ether oxygens (including phenoxy) is 1. The molecule has 0 amide bonds. The first-order valence-corrected chi connectivity index (χ1v) is 7.37. The number of nitrogens with one attached hydrogen (secondary N) is 1. The molecule has 1 N–H and O–H groups in total. The Morgan fingerprint density at radius 2 is 2.32 bits per heavy atom. The van der Waals surface area contributed by atoms with Crippen molar-refractivity contribution < 1.29 is 4.74 Å². The molecule has 0 saturated carbocycles. The molecule has 0 radical (unpaired) electrons. The van der Waals surface area contributed by atoms with E-state index in [1.165, 1.54) is 37.1 Å². The molecule has 1 fully saturated rings. The molecule has 3 nitrogen and oxygen atoms in total. The van der Waals surface area contributed by atoms with Gasteiger partial charge in [0.1, 0.15) is 5.75 Å². The molecule has 2 aliphatic rings. The van der Waals surface area contributed by atoms with E-state index < -0.39 is 0 Å². The Bertz CT molecular complexity index is 438. The SMILES string of the molecule is CN(C)C(CC1CCNC1)c1ccc2c(c1)CCO2. The Balaban J connectivity index is 1.79. The van der Waals surface area contributed by atoms with Gasteiger partial charge in [-0.1, -0.05) is 12.1 Å². The monoisotopic (exact) mass is 260 g/mol. The minimum Gasteiger partial charge on any atom is -0.493 e. The highest BCUT2D eigenvalue weighted by atomic mass is 16.5. The van der Waals surface area contributed by atoms with E-state index in [1.807, 2.05) is 0 Å². The number of hydrogen-bond acceptors (Lipinski definition) is 3. The Labute approximate surface area is 115 Å². The maximum atomic E-state index is 5.60. The lowest BCUT2D eigenvalue weighted by atomic mass is 9.92. The molecule has 104 valence electrons. The van der Waals surface area contributed by atoms with Gasteiger partial charge in [0.05, 0.1) is 6.61 Å². The fraction of sp³-hybridized carbons (Fsp3) is 0.625. The van der Waals surface area contributed by atoms with Gasteiger partial charge in [0.15, 0.2) is 0 Å². The van der Waals surface area contributed by atoms with Crippen LogP contribution in [0.15, 0.2) is 18.2 Å². The molecule has 1 aromatic carbocycles. The summed E-state index contributed by atoms with van der Waals surface area (Å²) in [6.07, 6.45) is 3.63. The summed E-state index contributed by atoms with van der Waals surface area (Å²) in [4.78, 5) is 2.36. The van der Waals surface area contributed by atoms with Crippen LogP contribution in [0, 0.1) is 5.92 Å². The second-order valence-corrected chi connectivity index (χ2v) is 6.04. The number of hydrogen-bond donors (Lipinski definition) is 1. The first-order chi connectivity index (χ1) is 9.24. The maximum Gasteiger partial charge on any atom is 0.122 e. The molecule has 0 bridgehead atoms. The van der Waals surface area contributed by atoms with Crippen molar-refractivity contribution in [3.05, 3.63) is 29.3 Å². The van der Waals surface area contributed by atoms with E-state index >= 15 is 0 Å². The smallest absolute Gasteiger partial charge is 0.122 e. The van der Waals surface area contributed by atoms with Crippen LogP contribution in [0.1, 0.15) is 30.0 Å². The van der Waals surface area contributed by atoms with E-state index in [1.54, 1.807) is 0 Å². The quantitative estimate of drug-likeness (QED) is 0.898. The summed E-state index contributed by atoms with van der Waals surface area (Å²) in [5.74, 6) is 1.90. The largest absolute Gasteiger partial charge is 0.493 e. The lowest BCUT2D eigenvalue weighted by molar-refractivity contribution is 0.253. The number of rotatable bonds is 4. The van der Waals surface area contributed by atoms with E-state index in [4.69, 9.17) is 4.74 Å². The average molecular weight is 260 g/mol. The standard InChI is InChI=1S/C16H24N2O/c1-18(2)15(9-12-5-7-17-11-12)13-3-4-16-14(10-13)6-8-19-16/h3-4,10,12,15,17H,5-9,11H2,1-2H3. The lowest BCUT2D eigenvalue weighted by Gasteiger charge is -2.27. The van der Waals surface area contributed by atoms with Gasteiger partial charge in [-0.2, -0.15) is 0 Å². The summed E-state index contributed by atoms with van der Waals surface area (Å²) in [6, 6.07) is 7.28. The van der Waals surface area contributed by atoms with Crippen molar-refractivity contribution in [2.24, 2.45) is 5.92 Å². The van der Waals surface area contributed by atoms with Crippen molar-refractivity contribution in [3.8, 4) is 5.75 Å². The first-order valence-electron chi connectivity index (χ1n) is 7.37. The van der Waals surface area contributed by atoms with E-state index in [9.17, 15) is 0 Å². The fourth-order valence-corrected chi connectivity index (χ4v) is 3.29. The van der Waals surface area contributed by atoms with Gasteiger partial charge >= 0.3 is 0 Å². The topological polar surface area (TPSA) is 24.5 Å². The highest BCUT2D eigenvalue weighted by Crippen LogP contribution is 2.33. The normalized spacial score (nSPS) is 23.4. The summed E-state index contributed by atoms with van der Waals surface area (Å²) in [6.45, 7) is 3.21. The van der Waals surface area contributed by atoms with Gasteiger partial charge < -0.3 is 15.0 Å². The van der Waals surface area contributed by atoms with Gasteiger partial charge in [-0.25, -0.2) is 0 Å². The third-order valence-electron chi connectivity index (χ3n) is 4.44. The summed E-state index contributed by atoms with van der Waals surface area (Å²) in [7, 11) is 4.38. The van der Waals surface area contributed by atoms with Crippen LogP contribution in [-0.4, -0.2) is 38.7 Å².